The van der Waals surface area contributed by atoms with Gasteiger partial charge in [0, 0.05) is 30.9 Å². The predicted molar refractivity (Wildman–Crippen MR) is 83.4 cm³/mol. The molecule has 5 nitrogen and oxygen atoms in total. The summed E-state index contributed by atoms with van der Waals surface area (Å²) in [5.74, 6) is 0.0248. The molecular formula is C17H23N3O2. The normalized spacial score (nSPS) is 15.9. The van der Waals surface area contributed by atoms with Crippen molar-refractivity contribution in [2.45, 2.75) is 51.6 Å². The number of carbonyl (C=O) groups excluding carboxylic acids is 1. The molecule has 0 N–H and O–H groups in total. The van der Waals surface area contributed by atoms with Gasteiger partial charge in [0.25, 0.3) is 5.91 Å². The number of nitrogens with zero attached hydrogens (tertiary/aromatic N) is 3. The first-order valence-electron chi connectivity index (χ1n) is 7.98. The van der Waals surface area contributed by atoms with Gasteiger partial charge in [-0.3, -0.25) is 9.48 Å². The van der Waals surface area contributed by atoms with Gasteiger partial charge in [0.15, 0.2) is 5.69 Å². The topological polar surface area (TPSA) is 51.3 Å². The number of aromatic nitrogens is 2. The number of amides is 1. The summed E-state index contributed by atoms with van der Waals surface area (Å²) >= 11 is 0. The summed E-state index contributed by atoms with van der Waals surface area (Å²) in [4.78, 5) is 14.9. The first kappa shape index (κ1) is 14.9. The largest absolute Gasteiger partial charge is 0.472 e. The summed E-state index contributed by atoms with van der Waals surface area (Å²) < 4.78 is 6.91. The molecule has 5 heteroatoms. The number of carbonyl (C=O) groups is 1. The molecule has 1 aliphatic carbocycles. The zero-order valence-corrected chi connectivity index (χ0v) is 13.3. The van der Waals surface area contributed by atoms with E-state index in [0.717, 1.165) is 24.1 Å². The minimum atomic E-state index is 0.0248. The lowest BCUT2D eigenvalue weighted by molar-refractivity contribution is 0.0607. The van der Waals surface area contributed by atoms with Crippen LogP contribution in [-0.2, 0) is 13.6 Å². The second kappa shape index (κ2) is 6.38. The summed E-state index contributed by atoms with van der Waals surface area (Å²) in [5, 5.41) is 4.36. The van der Waals surface area contributed by atoms with E-state index in [1.165, 1.54) is 19.3 Å². The van der Waals surface area contributed by atoms with Crippen LogP contribution in [0.1, 0.15) is 53.8 Å². The maximum Gasteiger partial charge on any atom is 0.274 e. The molecule has 0 bridgehead atoms. The number of rotatable bonds is 4. The molecule has 0 spiro atoms. The number of aryl methyl sites for hydroxylation is 2. The molecular weight excluding hydrogens is 278 g/mol. The Kier molecular flexibility index (Phi) is 4.32. The Morgan fingerprint density at radius 1 is 1.41 bits per heavy atom. The van der Waals surface area contributed by atoms with Gasteiger partial charge in [-0.1, -0.05) is 19.3 Å². The van der Waals surface area contributed by atoms with Gasteiger partial charge in [-0.2, -0.15) is 5.10 Å². The van der Waals surface area contributed by atoms with E-state index in [0.29, 0.717) is 18.3 Å². The second-order valence-electron chi connectivity index (χ2n) is 6.15. The van der Waals surface area contributed by atoms with Crippen LogP contribution in [0.15, 0.2) is 29.1 Å². The van der Waals surface area contributed by atoms with Gasteiger partial charge in [0.1, 0.15) is 0 Å². The molecule has 0 aliphatic heterocycles. The molecule has 0 radical (unpaired) electrons. The molecule has 0 aromatic carbocycles. The van der Waals surface area contributed by atoms with Crippen molar-refractivity contribution in [3.05, 3.63) is 41.6 Å². The Morgan fingerprint density at radius 3 is 2.77 bits per heavy atom. The molecule has 1 amide bonds. The van der Waals surface area contributed by atoms with Gasteiger partial charge in [0.2, 0.25) is 0 Å². The van der Waals surface area contributed by atoms with Gasteiger partial charge in [0.05, 0.1) is 12.5 Å². The Hall–Kier alpha value is -2.04. The third kappa shape index (κ3) is 3.08. The molecule has 0 saturated heterocycles. The molecule has 118 valence electrons. The van der Waals surface area contributed by atoms with Gasteiger partial charge < -0.3 is 9.32 Å². The first-order valence-corrected chi connectivity index (χ1v) is 7.98. The van der Waals surface area contributed by atoms with Crippen LogP contribution in [0.2, 0.25) is 0 Å². The van der Waals surface area contributed by atoms with Crippen LogP contribution in [0.4, 0.5) is 0 Å². The van der Waals surface area contributed by atoms with Crippen LogP contribution in [0.5, 0.6) is 0 Å². The molecule has 1 fully saturated rings. The highest BCUT2D eigenvalue weighted by Gasteiger charge is 2.28. The van der Waals surface area contributed by atoms with E-state index < -0.39 is 0 Å². The van der Waals surface area contributed by atoms with Crippen molar-refractivity contribution < 1.29 is 9.21 Å². The van der Waals surface area contributed by atoms with E-state index in [4.69, 9.17) is 4.42 Å². The fraction of sp³-hybridized carbons (Fsp3) is 0.529. The van der Waals surface area contributed by atoms with Crippen LogP contribution < -0.4 is 0 Å². The van der Waals surface area contributed by atoms with Gasteiger partial charge in [-0.05, 0) is 31.9 Å². The predicted octanol–water partition coefficient (Wildman–Crippen LogP) is 3.30. The number of furan rings is 1. The Morgan fingerprint density at radius 2 is 2.18 bits per heavy atom. The Balaban J connectivity index is 1.84. The van der Waals surface area contributed by atoms with Crippen molar-refractivity contribution in [2.75, 3.05) is 0 Å². The molecule has 1 aliphatic rings. The summed E-state index contributed by atoms with van der Waals surface area (Å²) in [7, 11) is 1.87. The van der Waals surface area contributed by atoms with Crippen LogP contribution in [0, 0.1) is 6.92 Å². The molecule has 0 unspecified atom stereocenters. The van der Waals surface area contributed by atoms with Crippen molar-refractivity contribution in [2.24, 2.45) is 7.05 Å². The lowest BCUT2D eigenvalue weighted by Gasteiger charge is -2.33. The SMILES string of the molecule is Cc1cc(C(=O)N(Cc2ccoc2)C2CCCCC2)nn1C. The van der Waals surface area contributed by atoms with Crippen LogP contribution >= 0.6 is 0 Å². The van der Waals surface area contributed by atoms with Crippen molar-refractivity contribution in [3.63, 3.8) is 0 Å². The maximum absolute atomic E-state index is 13.0. The van der Waals surface area contributed by atoms with Crippen molar-refractivity contribution in [1.82, 2.24) is 14.7 Å². The molecule has 2 aromatic heterocycles. The van der Waals surface area contributed by atoms with Crippen LogP contribution in [0.25, 0.3) is 0 Å². The Bertz CT molecular complexity index is 605. The smallest absolute Gasteiger partial charge is 0.274 e. The summed E-state index contributed by atoms with van der Waals surface area (Å²) in [5.41, 5.74) is 2.57. The molecule has 22 heavy (non-hydrogen) atoms. The quantitative estimate of drug-likeness (QED) is 0.870. The molecule has 0 atom stereocenters. The van der Waals surface area contributed by atoms with Gasteiger partial charge in [-0.15, -0.1) is 0 Å². The highest BCUT2D eigenvalue weighted by molar-refractivity contribution is 5.92. The third-order valence-corrected chi connectivity index (χ3v) is 4.54. The zero-order chi connectivity index (χ0) is 15.5. The monoisotopic (exact) mass is 301 g/mol. The van der Waals surface area contributed by atoms with Crippen molar-refractivity contribution in [3.8, 4) is 0 Å². The highest BCUT2D eigenvalue weighted by Crippen LogP contribution is 2.25. The average Bonchev–Trinajstić information content (AvgIpc) is 3.16. The van der Waals surface area contributed by atoms with Crippen molar-refractivity contribution >= 4 is 5.91 Å². The molecule has 2 heterocycles. The number of hydrogen-bond donors (Lipinski definition) is 0. The van der Waals surface area contributed by atoms with Gasteiger partial charge >= 0.3 is 0 Å². The first-order chi connectivity index (χ1) is 10.6. The van der Waals surface area contributed by atoms with E-state index in [-0.39, 0.29) is 5.91 Å². The fourth-order valence-electron chi connectivity index (χ4n) is 3.15. The summed E-state index contributed by atoms with van der Waals surface area (Å²) in [6.45, 7) is 2.56. The second-order valence-corrected chi connectivity index (χ2v) is 6.15. The Labute approximate surface area is 130 Å². The average molecular weight is 301 g/mol. The molecule has 2 aromatic rings. The highest BCUT2D eigenvalue weighted by atomic mass is 16.3. The van der Waals surface area contributed by atoms with E-state index in [1.807, 2.05) is 31.0 Å². The van der Waals surface area contributed by atoms with Crippen LogP contribution in [-0.4, -0.2) is 26.6 Å². The summed E-state index contributed by atoms with van der Waals surface area (Å²) in [6, 6.07) is 4.10. The van der Waals surface area contributed by atoms with E-state index in [2.05, 4.69) is 5.10 Å². The van der Waals surface area contributed by atoms with E-state index in [9.17, 15) is 4.79 Å². The van der Waals surface area contributed by atoms with E-state index in [1.54, 1.807) is 17.2 Å². The standard InChI is InChI=1S/C17H23N3O2/c1-13-10-16(18-19(13)2)17(21)20(11-14-8-9-22-12-14)15-6-4-3-5-7-15/h8-10,12,15H,3-7,11H2,1-2H3. The summed E-state index contributed by atoms with van der Waals surface area (Å²) in [6.07, 6.45) is 9.19. The van der Waals surface area contributed by atoms with Gasteiger partial charge in [-0.25, -0.2) is 0 Å². The number of hydrogen-bond acceptors (Lipinski definition) is 3. The van der Waals surface area contributed by atoms with Crippen LogP contribution in [0.3, 0.4) is 0 Å². The minimum Gasteiger partial charge on any atom is -0.472 e. The van der Waals surface area contributed by atoms with Crippen molar-refractivity contribution in [1.29, 1.82) is 0 Å². The molecule has 1 saturated carbocycles. The minimum absolute atomic E-state index is 0.0248. The maximum atomic E-state index is 13.0. The van der Waals surface area contributed by atoms with E-state index >= 15 is 0 Å². The lowest BCUT2D eigenvalue weighted by atomic mass is 9.93. The third-order valence-electron chi connectivity index (χ3n) is 4.54. The zero-order valence-electron chi connectivity index (χ0n) is 13.3. The fourth-order valence-corrected chi connectivity index (χ4v) is 3.15. The lowest BCUT2D eigenvalue weighted by Crippen LogP contribution is -2.41. The molecule has 3 rings (SSSR count).